The summed E-state index contributed by atoms with van der Waals surface area (Å²) in [5.41, 5.74) is 1.49. The molecule has 68 valence electrons. The molecule has 0 amide bonds. The third kappa shape index (κ3) is 1.34. The Hall–Kier alpha value is -1.25. The topological polar surface area (TPSA) is 27.7 Å². The van der Waals surface area contributed by atoms with Gasteiger partial charge in [-0.1, -0.05) is 20.8 Å². The quantitative estimate of drug-likeness (QED) is 0.507. The molecule has 0 N–H and O–H groups in total. The Morgan fingerprint density at radius 1 is 1.38 bits per heavy atom. The van der Waals surface area contributed by atoms with Crippen molar-refractivity contribution >= 4 is 6.21 Å². The fraction of sp³-hybridized carbons (Fsp3) is 0.500. The first-order chi connectivity index (χ1) is 6.09. The third-order valence-corrected chi connectivity index (χ3v) is 2.31. The van der Waals surface area contributed by atoms with Gasteiger partial charge in [0.1, 0.15) is 6.20 Å². The van der Waals surface area contributed by atoms with Crippen molar-refractivity contribution in [3.05, 3.63) is 23.9 Å². The molecule has 2 rings (SSSR count). The summed E-state index contributed by atoms with van der Waals surface area (Å²) >= 11 is 0. The Morgan fingerprint density at radius 3 is 2.85 bits per heavy atom. The predicted octanol–water partition coefficient (Wildman–Crippen LogP) is 2.32. The van der Waals surface area contributed by atoms with Crippen LogP contribution in [-0.4, -0.2) is 17.1 Å². The van der Waals surface area contributed by atoms with Crippen molar-refractivity contribution < 1.29 is 4.81 Å². The van der Waals surface area contributed by atoms with E-state index in [2.05, 4.69) is 37.1 Å². The van der Waals surface area contributed by atoms with Crippen molar-refractivity contribution in [2.75, 3.05) is 0 Å². The second-order valence-corrected chi connectivity index (χ2v) is 4.36. The summed E-state index contributed by atoms with van der Waals surface area (Å²) in [4.78, 5) is 1.75. The standard InChI is InChI=1S/C10H14N3/c1-10(2,3)8-7-12-13-9(8)5-4-6-11-13/h4-7,9H,1-3H3/q+1. The number of hydrogen-bond donors (Lipinski definition) is 0. The monoisotopic (exact) mass is 176 g/mol. The highest BCUT2D eigenvalue weighted by atomic mass is 15.5. The molecule has 0 fully saturated rings. The molecule has 0 aromatic carbocycles. The van der Waals surface area contributed by atoms with E-state index in [4.69, 9.17) is 0 Å². The van der Waals surface area contributed by atoms with Gasteiger partial charge in [-0.15, -0.1) is 0 Å². The van der Waals surface area contributed by atoms with E-state index in [0.717, 1.165) is 0 Å². The number of hydrazone groups is 1. The Labute approximate surface area is 78.2 Å². The van der Waals surface area contributed by atoms with Crippen molar-refractivity contribution in [3.8, 4) is 0 Å². The number of rotatable bonds is 0. The van der Waals surface area contributed by atoms with E-state index in [1.54, 1.807) is 11.0 Å². The third-order valence-electron chi connectivity index (χ3n) is 2.31. The van der Waals surface area contributed by atoms with Gasteiger partial charge < -0.3 is 0 Å². The van der Waals surface area contributed by atoms with E-state index in [1.165, 1.54) is 5.57 Å². The van der Waals surface area contributed by atoms with E-state index in [9.17, 15) is 0 Å². The highest BCUT2D eigenvalue weighted by Crippen LogP contribution is 2.33. The van der Waals surface area contributed by atoms with Crippen molar-refractivity contribution in [2.45, 2.75) is 26.8 Å². The summed E-state index contributed by atoms with van der Waals surface area (Å²) in [5.74, 6) is 0. The molecule has 0 saturated carbocycles. The molecule has 0 aromatic rings. The number of nitrogens with zero attached hydrogens (tertiary/aromatic N) is 3. The summed E-state index contributed by atoms with van der Waals surface area (Å²) < 4.78 is 0. The van der Waals surface area contributed by atoms with E-state index < -0.39 is 0 Å². The summed E-state index contributed by atoms with van der Waals surface area (Å²) in [5, 5.41) is 8.39. The lowest BCUT2D eigenvalue weighted by molar-refractivity contribution is -0.608. The molecule has 3 nitrogen and oxygen atoms in total. The molecule has 0 radical (unpaired) electrons. The maximum absolute atomic E-state index is 4.23. The van der Waals surface area contributed by atoms with Gasteiger partial charge in [0.25, 0.3) is 6.04 Å². The fourth-order valence-corrected chi connectivity index (χ4v) is 1.58. The van der Waals surface area contributed by atoms with Crippen LogP contribution in [0.4, 0.5) is 0 Å². The number of fused-ring (bicyclic) bond motifs is 1. The van der Waals surface area contributed by atoms with Crippen molar-refractivity contribution in [3.63, 3.8) is 0 Å². The van der Waals surface area contributed by atoms with E-state index >= 15 is 0 Å². The molecule has 2 aliphatic heterocycles. The van der Waals surface area contributed by atoms with E-state index in [1.807, 2.05) is 12.3 Å². The normalized spacial score (nSPS) is 25.6. The van der Waals surface area contributed by atoms with Gasteiger partial charge >= 0.3 is 0 Å². The second-order valence-electron chi connectivity index (χ2n) is 4.36. The van der Waals surface area contributed by atoms with Gasteiger partial charge in [0.05, 0.1) is 6.21 Å². The van der Waals surface area contributed by atoms with Crippen molar-refractivity contribution in [1.29, 1.82) is 0 Å². The summed E-state index contributed by atoms with van der Waals surface area (Å²) in [7, 11) is 0. The molecule has 0 aromatic heterocycles. The van der Waals surface area contributed by atoms with Gasteiger partial charge in [-0.2, -0.15) is 0 Å². The van der Waals surface area contributed by atoms with Crippen LogP contribution in [0.25, 0.3) is 0 Å². The van der Waals surface area contributed by atoms with Crippen LogP contribution in [-0.2, 0) is 0 Å². The molecule has 2 heterocycles. The van der Waals surface area contributed by atoms with Crippen LogP contribution >= 0.6 is 0 Å². The lowest BCUT2D eigenvalue weighted by atomic mass is 9.83. The second kappa shape index (κ2) is 2.62. The first kappa shape index (κ1) is 8.35. The average molecular weight is 176 g/mol. The Balaban J connectivity index is 2.31. The van der Waals surface area contributed by atoms with Crippen LogP contribution in [0.1, 0.15) is 20.8 Å². The first-order valence-corrected chi connectivity index (χ1v) is 4.50. The van der Waals surface area contributed by atoms with Crippen LogP contribution in [0.2, 0.25) is 0 Å². The highest BCUT2D eigenvalue weighted by molar-refractivity contribution is 5.71. The maximum atomic E-state index is 4.23. The zero-order valence-corrected chi connectivity index (χ0v) is 8.23. The Kier molecular flexibility index (Phi) is 1.68. The van der Waals surface area contributed by atoms with Gasteiger partial charge in [0.15, 0.2) is 0 Å². The van der Waals surface area contributed by atoms with Crippen LogP contribution in [0, 0.1) is 5.41 Å². The fourth-order valence-electron chi connectivity index (χ4n) is 1.58. The van der Waals surface area contributed by atoms with E-state index in [0.29, 0.717) is 0 Å². The molecule has 3 heteroatoms. The molecule has 0 spiro atoms. The minimum atomic E-state index is 0.167. The smallest absolute Gasteiger partial charge is 0.0561 e. The van der Waals surface area contributed by atoms with Crippen LogP contribution in [0.5, 0.6) is 0 Å². The molecule has 0 aliphatic carbocycles. The summed E-state index contributed by atoms with van der Waals surface area (Å²) in [6.07, 6.45) is 7.79. The predicted molar refractivity (Wildman–Crippen MR) is 51.6 cm³/mol. The van der Waals surface area contributed by atoms with Gasteiger partial charge in [-0.05, 0) is 17.6 Å². The minimum absolute atomic E-state index is 0.167. The van der Waals surface area contributed by atoms with Gasteiger partial charge in [-0.25, -0.2) is 0 Å². The largest absolute Gasteiger partial charge is 0.254 e. The SMILES string of the molecule is CC(C)(C)C1=CN=[N+]2N=CC=CC12. The van der Waals surface area contributed by atoms with Crippen LogP contribution in [0.3, 0.4) is 0 Å². The number of azo groups is 1. The molecular weight excluding hydrogens is 162 g/mol. The molecule has 2 aliphatic rings. The summed E-state index contributed by atoms with van der Waals surface area (Å²) in [6, 6.07) is 0.241. The lowest BCUT2D eigenvalue weighted by Crippen LogP contribution is -2.26. The Morgan fingerprint density at radius 2 is 2.15 bits per heavy atom. The maximum Gasteiger partial charge on any atom is 0.254 e. The van der Waals surface area contributed by atoms with Crippen molar-refractivity contribution in [1.82, 2.24) is 0 Å². The molecule has 0 bridgehead atoms. The molecule has 1 unspecified atom stereocenters. The minimum Gasteiger partial charge on any atom is -0.0561 e. The van der Waals surface area contributed by atoms with Gasteiger partial charge in [0.2, 0.25) is 0 Å². The zero-order chi connectivity index (χ0) is 9.47. The molecule has 1 atom stereocenters. The van der Waals surface area contributed by atoms with Gasteiger partial charge in [-0.3, -0.25) is 0 Å². The Bertz CT molecular complexity index is 340. The molecule has 13 heavy (non-hydrogen) atoms. The molecular formula is C10H14N3+. The highest BCUT2D eigenvalue weighted by Gasteiger charge is 2.38. The zero-order valence-electron chi connectivity index (χ0n) is 8.23. The first-order valence-electron chi connectivity index (χ1n) is 4.50. The number of hydrogen-bond acceptors (Lipinski definition) is 2. The van der Waals surface area contributed by atoms with Crippen LogP contribution in [0.15, 0.2) is 34.1 Å². The van der Waals surface area contributed by atoms with Crippen molar-refractivity contribution in [2.24, 2.45) is 15.6 Å². The lowest BCUT2D eigenvalue weighted by Gasteiger charge is -2.20. The van der Waals surface area contributed by atoms with E-state index in [-0.39, 0.29) is 11.5 Å². The van der Waals surface area contributed by atoms with Crippen LogP contribution < -0.4 is 0 Å². The summed E-state index contributed by atoms with van der Waals surface area (Å²) in [6.45, 7) is 6.60. The molecule has 0 saturated heterocycles. The van der Waals surface area contributed by atoms with Gasteiger partial charge in [0, 0.05) is 20.6 Å². The number of allylic oxidation sites excluding steroid dienone is 1. The average Bonchev–Trinajstić information content (AvgIpc) is 2.45.